The summed E-state index contributed by atoms with van der Waals surface area (Å²) in [6, 6.07) is 5.68. The Morgan fingerprint density at radius 3 is 2.71 bits per heavy atom. The minimum absolute atomic E-state index is 0.122. The highest BCUT2D eigenvalue weighted by atomic mass is 19.1. The van der Waals surface area contributed by atoms with Crippen molar-refractivity contribution in [2.45, 2.75) is 33.0 Å². The normalized spacial score (nSPS) is 12.0. The number of amides is 1. The van der Waals surface area contributed by atoms with E-state index in [9.17, 15) is 9.18 Å². The molecule has 1 aromatic carbocycles. The number of carbonyl (C=O) groups is 1. The van der Waals surface area contributed by atoms with Crippen molar-refractivity contribution in [2.24, 2.45) is 0 Å². The topological polar surface area (TPSA) is 59.0 Å². The Hall–Kier alpha value is -2.37. The second-order valence-electron chi connectivity index (χ2n) is 4.79. The minimum atomic E-state index is -0.375. The summed E-state index contributed by atoms with van der Waals surface area (Å²) in [5.74, 6) is -0.406. The Labute approximate surface area is 123 Å². The van der Waals surface area contributed by atoms with Crippen LogP contribution in [0.3, 0.4) is 0 Å². The molecule has 0 aliphatic carbocycles. The molecule has 112 valence electrons. The lowest BCUT2D eigenvalue weighted by Gasteiger charge is -2.13. The Bertz CT molecular complexity index is 594. The zero-order valence-corrected chi connectivity index (χ0v) is 12.1. The lowest BCUT2D eigenvalue weighted by molar-refractivity contribution is -0.121. The molecule has 1 atom stereocenters. The van der Waals surface area contributed by atoms with Crippen LogP contribution in [-0.4, -0.2) is 21.7 Å². The molecular weight excluding hydrogens is 271 g/mol. The molecule has 0 fully saturated rings. The largest absolute Gasteiger partial charge is 0.371 e. The lowest BCUT2D eigenvalue weighted by Crippen LogP contribution is -2.37. The maximum atomic E-state index is 12.8. The molecule has 1 amide bonds. The molecule has 6 heteroatoms. The molecule has 0 unspecified atom stereocenters. The average Bonchev–Trinajstić information content (AvgIpc) is 2.94. The molecule has 21 heavy (non-hydrogen) atoms. The summed E-state index contributed by atoms with van der Waals surface area (Å²) in [6.45, 7) is 4.94. The Kier molecular flexibility index (Phi) is 4.92. The Morgan fingerprint density at radius 2 is 2.10 bits per heavy atom. The fourth-order valence-electron chi connectivity index (χ4n) is 1.87. The van der Waals surface area contributed by atoms with Crippen LogP contribution in [0.5, 0.6) is 0 Å². The molecular formula is C15H19FN4O. The van der Waals surface area contributed by atoms with E-state index in [-0.39, 0.29) is 17.8 Å². The average molecular weight is 290 g/mol. The number of benzene rings is 1. The minimum Gasteiger partial charge on any atom is -0.371 e. The summed E-state index contributed by atoms with van der Waals surface area (Å²) < 4.78 is 14.6. The first kappa shape index (κ1) is 15.0. The summed E-state index contributed by atoms with van der Waals surface area (Å²) in [4.78, 5) is 12.0. The lowest BCUT2D eigenvalue weighted by atomic mass is 10.2. The molecule has 0 aliphatic rings. The molecule has 0 aliphatic heterocycles. The van der Waals surface area contributed by atoms with Gasteiger partial charge in [-0.2, -0.15) is 5.10 Å². The maximum Gasteiger partial charge on any atom is 0.242 e. The van der Waals surface area contributed by atoms with Crippen LogP contribution in [0.1, 0.15) is 19.4 Å². The summed E-state index contributed by atoms with van der Waals surface area (Å²) in [7, 11) is 0. The van der Waals surface area contributed by atoms with Gasteiger partial charge in [-0.15, -0.1) is 0 Å². The van der Waals surface area contributed by atoms with Crippen LogP contribution in [0, 0.1) is 5.82 Å². The molecule has 2 aromatic rings. The number of hydrogen-bond donors (Lipinski definition) is 2. The molecule has 2 N–H and O–H groups in total. The third-order valence-electron chi connectivity index (χ3n) is 3.11. The van der Waals surface area contributed by atoms with Crippen LogP contribution < -0.4 is 10.6 Å². The molecule has 0 spiro atoms. The fourth-order valence-corrected chi connectivity index (χ4v) is 1.87. The van der Waals surface area contributed by atoms with Gasteiger partial charge in [0.1, 0.15) is 11.9 Å². The number of halogens is 1. The van der Waals surface area contributed by atoms with Crippen molar-refractivity contribution < 1.29 is 9.18 Å². The highest BCUT2D eigenvalue weighted by Gasteiger charge is 2.12. The number of anilines is 1. The van der Waals surface area contributed by atoms with Gasteiger partial charge >= 0.3 is 0 Å². The molecule has 0 bridgehead atoms. The van der Waals surface area contributed by atoms with E-state index >= 15 is 0 Å². The third kappa shape index (κ3) is 4.30. The van der Waals surface area contributed by atoms with Gasteiger partial charge in [0.25, 0.3) is 0 Å². The highest BCUT2D eigenvalue weighted by Crippen LogP contribution is 2.07. The van der Waals surface area contributed by atoms with Crippen LogP contribution in [0.2, 0.25) is 0 Å². The van der Waals surface area contributed by atoms with Crippen LogP contribution in [-0.2, 0) is 17.9 Å². The van der Waals surface area contributed by atoms with Crippen molar-refractivity contribution in [2.75, 3.05) is 5.32 Å². The first-order valence-corrected chi connectivity index (χ1v) is 6.89. The van der Waals surface area contributed by atoms with E-state index in [1.54, 1.807) is 29.9 Å². The van der Waals surface area contributed by atoms with Crippen LogP contribution in [0.25, 0.3) is 0 Å². The zero-order chi connectivity index (χ0) is 15.2. The summed E-state index contributed by atoms with van der Waals surface area (Å²) in [6.07, 6.45) is 3.54. The molecule has 0 radical (unpaired) electrons. The fraction of sp³-hybridized carbons (Fsp3) is 0.333. The number of carbonyl (C=O) groups excluding carboxylic acids is 1. The molecule has 5 nitrogen and oxygen atoms in total. The van der Waals surface area contributed by atoms with E-state index in [0.29, 0.717) is 6.54 Å². The van der Waals surface area contributed by atoms with Gasteiger partial charge in [-0.05, 0) is 31.5 Å². The first-order chi connectivity index (χ1) is 10.1. The molecule has 1 heterocycles. The molecule has 0 saturated heterocycles. The molecule has 0 saturated carbocycles. The third-order valence-corrected chi connectivity index (χ3v) is 3.11. The smallest absolute Gasteiger partial charge is 0.242 e. The van der Waals surface area contributed by atoms with E-state index in [2.05, 4.69) is 15.7 Å². The van der Waals surface area contributed by atoms with Gasteiger partial charge in [0, 0.05) is 19.3 Å². The zero-order valence-electron chi connectivity index (χ0n) is 12.1. The number of rotatable bonds is 6. The van der Waals surface area contributed by atoms with Gasteiger partial charge in [0.15, 0.2) is 0 Å². The van der Waals surface area contributed by atoms with Crippen molar-refractivity contribution >= 4 is 11.6 Å². The molecule has 1 aromatic heterocycles. The standard InChI is InChI=1S/C15H19FN4O/c1-3-20-10-14(9-18-20)19-11(2)15(21)17-8-12-4-6-13(16)7-5-12/h4-7,9-11,19H,3,8H2,1-2H3,(H,17,21)/t11-/m0/s1. The Balaban J connectivity index is 1.83. The van der Waals surface area contributed by atoms with Crippen molar-refractivity contribution in [3.05, 3.63) is 48.0 Å². The van der Waals surface area contributed by atoms with E-state index in [4.69, 9.17) is 0 Å². The number of hydrogen-bond acceptors (Lipinski definition) is 3. The van der Waals surface area contributed by atoms with Gasteiger partial charge < -0.3 is 10.6 Å². The molecule has 2 rings (SSSR count). The van der Waals surface area contributed by atoms with E-state index in [0.717, 1.165) is 17.8 Å². The predicted molar refractivity (Wildman–Crippen MR) is 79.2 cm³/mol. The van der Waals surface area contributed by atoms with Crippen molar-refractivity contribution in [3.63, 3.8) is 0 Å². The summed E-state index contributed by atoms with van der Waals surface area (Å²) in [5, 5.41) is 10.0. The van der Waals surface area contributed by atoms with Gasteiger partial charge in [-0.25, -0.2) is 4.39 Å². The van der Waals surface area contributed by atoms with Crippen LogP contribution in [0.4, 0.5) is 10.1 Å². The maximum absolute atomic E-state index is 12.8. The first-order valence-electron chi connectivity index (χ1n) is 6.89. The summed E-state index contributed by atoms with van der Waals surface area (Å²) in [5.41, 5.74) is 1.66. The van der Waals surface area contributed by atoms with E-state index < -0.39 is 0 Å². The second-order valence-corrected chi connectivity index (χ2v) is 4.79. The van der Waals surface area contributed by atoms with Gasteiger partial charge in [-0.1, -0.05) is 12.1 Å². The van der Waals surface area contributed by atoms with E-state index in [1.807, 2.05) is 13.1 Å². The highest BCUT2D eigenvalue weighted by molar-refractivity contribution is 5.84. The monoisotopic (exact) mass is 290 g/mol. The number of nitrogens with one attached hydrogen (secondary N) is 2. The van der Waals surface area contributed by atoms with Crippen molar-refractivity contribution in [3.8, 4) is 0 Å². The number of aromatic nitrogens is 2. The van der Waals surface area contributed by atoms with Crippen molar-refractivity contribution in [1.29, 1.82) is 0 Å². The second kappa shape index (κ2) is 6.88. The SMILES string of the molecule is CCn1cc(N[C@@H](C)C(=O)NCc2ccc(F)cc2)cn1. The number of nitrogens with zero attached hydrogens (tertiary/aromatic N) is 2. The predicted octanol–water partition coefficient (Wildman–Crippen LogP) is 2.16. The number of aryl methyl sites for hydroxylation is 1. The quantitative estimate of drug-likeness (QED) is 0.857. The van der Waals surface area contributed by atoms with Crippen LogP contribution >= 0.6 is 0 Å². The Morgan fingerprint density at radius 1 is 1.38 bits per heavy atom. The van der Waals surface area contributed by atoms with Gasteiger partial charge in [0.05, 0.1) is 11.9 Å². The van der Waals surface area contributed by atoms with E-state index in [1.165, 1.54) is 12.1 Å². The van der Waals surface area contributed by atoms with Crippen LogP contribution in [0.15, 0.2) is 36.7 Å². The summed E-state index contributed by atoms with van der Waals surface area (Å²) >= 11 is 0. The van der Waals surface area contributed by atoms with Crippen molar-refractivity contribution in [1.82, 2.24) is 15.1 Å². The van der Waals surface area contributed by atoms with Gasteiger partial charge in [0.2, 0.25) is 5.91 Å². The van der Waals surface area contributed by atoms with Gasteiger partial charge in [-0.3, -0.25) is 9.48 Å².